The van der Waals surface area contributed by atoms with Gasteiger partial charge in [0.15, 0.2) is 10.8 Å². The summed E-state index contributed by atoms with van der Waals surface area (Å²) in [5.41, 5.74) is -0.0467. The molecule has 2 heterocycles. The highest BCUT2D eigenvalue weighted by atomic mass is 32.1. The molecule has 0 aliphatic rings. The fraction of sp³-hybridized carbons (Fsp3) is 0.125. The number of nitrogens with one attached hydrogen (secondary N) is 1. The zero-order valence-corrected chi connectivity index (χ0v) is 13.8. The van der Waals surface area contributed by atoms with Crippen LogP contribution in [0.4, 0.5) is 15.8 Å². The molecule has 0 saturated carbocycles. The maximum atomic E-state index is 13.7. The lowest BCUT2D eigenvalue weighted by atomic mass is 10.2. The molecule has 0 fully saturated rings. The minimum atomic E-state index is -0.746. The molecular formula is C16H12FN3O4S. The lowest BCUT2D eigenvalue weighted by Crippen LogP contribution is -2.15. The van der Waals surface area contributed by atoms with Gasteiger partial charge in [-0.15, -0.1) is 11.3 Å². The molecule has 1 aromatic carbocycles. The number of carbonyl (C=O) groups is 1. The molecule has 9 heteroatoms. The first-order valence-electron chi connectivity index (χ1n) is 7.17. The van der Waals surface area contributed by atoms with Gasteiger partial charge in [0.25, 0.3) is 5.69 Å². The summed E-state index contributed by atoms with van der Waals surface area (Å²) < 4.78 is 19.2. The molecule has 1 amide bonds. The summed E-state index contributed by atoms with van der Waals surface area (Å²) >= 11 is 1.33. The molecule has 3 aromatic rings. The van der Waals surface area contributed by atoms with E-state index in [1.807, 2.05) is 13.0 Å². The van der Waals surface area contributed by atoms with E-state index in [1.54, 1.807) is 11.4 Å². The van der Waals surface area contributed by atoms with Crippen molar-refractivity contribution in [2.24, 2.45) is 0 Å². The zero-order valence-electron chi connectivity index (χ0n) is 13.0. The number of thiazole rings is 1. The van der Waals surface area contributed by atoms with Gasteiger partial charge in [0.05, 0.1) is 22.7 Å². The molecule has 3 rings (SSSR count). The van der Waals surface area contributed by atoms with Crippen LogP contribution in [0.1, 0.15) is 11.5 Å². The summed E-state index contributed by atoms with van der Waals surface area (Å²) in [6.07, 6.45) is -0.0850. The first-order chi connectivity index (χ1) is 11.9. The van der Waals surface area contributed by atoms with Crippen LogP contribution in [0.2, 0.25) is 0 Å². The number of hydrogen-bond donors (Lipinski definition) is 1. The topological polar surface area (TPSA) is 98.3 Å². The Labute approximate surface area is 145 Å². The normalized spacial score (nSPS) is 10.6. The highest BCUT2D eigenvalue weighted by Crippen LogP contribution is 2.26. The first-order valence-corrected chi connectivity index (χ1v) is 8.05. The molecule has 0 spiro atoms. The molecule has 0 saturated heterocycles. The molecule has 128 valence electrons. The Kier molecular flexibility index (Phi) is 4.57. The molecule has 0 aliphatic carbocycles. The number of anilines is 1. The minimum absolute atomic E-state index is 0.0850. The van der Waals surface area contributed by atoms with Crippen molar-refractivity contribution in [2.75, 3.05) is 5.32 Å². The van der Waals surface area contributed by atoms with Crippen molar-refractivity contribution in [1.82, 2.24) is 4.98 Å². The van der Waals surface area contributed by atoms with Gasteiger partial charge in [0.2, 0.25) is 5.91 Å². The van der Waals surface area contributed by atoms with Gasteiger partial charge in [0, 0.05) is 17.5 Å². The Morgan fingerprint density at radius 1 is 1.40 bits per heavy atom. The van der Waals surface area contributed by atoms with Gasteiger partial charge < -0.3 is 9.73 Å². The summed E-state index contributed by atoms with van der Waals surface area (Å²) in [6.45, 7) is 1.82. The number of benzene rings is 1. The average Bonchev–Trinajstić information content (AvgIpc) is 3.18. The molecular weight excluding hydrogens is 349 g/mol. The number of nitro benzene ring substituents is 1. The Hall–Kier alpha value is -3.07. The van der Waals surface area contributed by atoms with Crippen LogP contribution in [-0.2, 0) is 11.2 Å². The molecule has 7 nitrogen and oxygen atoms in total. The lowest BCUT2D eigenvalue weighted by molar-refractivity contribution is -0.384. The van der Waals surface area contributed by atoms with Crippen LogP contribution in [0.25, 0.3) is 10.8 Å². The maximum absolute atomic E-state index is 13.7. The van der Waals surface area contributed by atoms with E-state index >= 15 is 0 Å². The van der Waals surface area contributed by atoms with Gasteiger partial charge in [-0.05, 0) is 25.1 Å². The fourth-order valence-electron chi connectivity index (χ4n) is 2.13. The van der Waals surface area contributed by atoms with Crippen LogP contribution in [0.5, 0.6) is 0 Å². The van der Waals surface area contributed by atoms with E-state index in [2.05, 4.69) is 10.3 Å². The molecule has 25 heavy (non-hydrogen) atoms. The number of carbonyl (C=O) groups excluding carboxylic acids is 1. The second-order valence-electron chi connectivity index (χ2n) is 5.20. The van der Waals surface area contributed by atoms with Crippen molar-refractivity contribution < 1.29 is 18.5 Å². The largest absolute Gasteiger partial charge is 0.459 e. The van der Waals surface area contributed by atoms with E-state index < -0.39 is 16.6 Å². The van der Waals surface area contributed by atoms with Crippen molar-refractivity contribution in [3.05, 3.63) is 63.1 Å². The summed E-state index contributed by atoms with van der Waals surface area (Å²) in [6, 6.07) is 6.55. The standard InChI is InChI=1S/C16H12FN3O4S/c1-9-2-5-14(24-9)16-18-10(8-25-16)6-15(21)19-13-7-11(20(22)23)3-4-12(13)17/h2-5,7-8H,6H2,1H3,(H,19,21). The van der Waals surface area contributed by atoms with Crippen LogP contribution < -0.4 is 5.32 Å². The predicted octanol–water partition coefficient (Wildman–Crippen LogP) is 3.94. The fourth-order valence-corrected chi connectivity index (χ4v) is 2.91. The second kappa shape index (κ2) is 6.81. The van der Waals surface area contributed by atoms with E-state index in [4.69, 9.17) is 4.42 Å². The number of aromatic nitrogens is 1. The predicted molar refractivity (Wildman–Crippen MR) is 89.9 cm³/mol. The third-order valence-electron chi connectivity index (χ3n) is 3.28. The van der Waals surface area contributed by atoms with Crippen molar-refractivity contribution in [3.63, 3.8) is 0 Å². The molecule has 0 bridgehead atoms. The Morgan fingerprint density at radius 3 is 2.88 bits per heavy atom. The molecule has 0 aliphatic heterocycles. The number of aryl methyl sites for hydroxylation is 1. The molecule has 0 unspecified atom stereocenters. The van der Waals surface area contributed by atoms with E-state index in [9.17, 15) is 19.3 Å². The first kappa shape index (κ1) is 16.8. The van der Waals surface area contributed by atoms with Gasteiger partial charge in [0.1, 0.15) is 11.6 Å². The Bertz CT molecular complexity index is 951. The number of halogens is 1. The number of non-ortho nitro benzene ring substituents is 1. The van der Waals surface area contributed by atoms with Crippen LogP contribution in [0.15, 0.2) is 40.1 Å². The van der Waals surface area contributed by atoms with E-state index in [0.29, 0.717) is 16.5 Å². The monoisotopic (exact) mass is 361 g/mol. The van der Waals surface area contributed by atoms with Crippen molar-refractivity contribution in [1.29, 1.82) is 0 Å². The lowest BCUT2D eigenvalue weighted by Gasteiger charge is -2.05. The van der Waals surface area contributed by atoms with Gasteiger partial charge in [-0.25, -0.2) is 9.37 Å². The number of nitro groups is 1. The van der Waals surface area contributed by atoms with Crippen LogP contribution in [0.3, 0.4) is 0 Å². The van der Waals surface area contributed by atoms with E-state index in [1.165, 1.54) is 11.3 Å². The van der Waals surface area contributed by atoms with Crippen LogP contribution >= 0.6 is 11.3 Å². The van der Waals surface area contributed by atoms with Crippen LogP contribution in [-0.4, -0.2) is 15.8 Å². The highest BCUT2D eigenvalue weighted by molar-refractivity contribution is 7.13. The third-order valence-corrected chi connectivity index (χ3v) is 4.19. The van der Waals surface area contributed by atoms with E-state index in [0.717, 1.165) is 24.0 Å². The van der Waals surface area contributed by atoms with Gasteiger partial charge >= 0.3 is 0 Å². The number of rotatable bonds is 5. The number of hydrogen-bond acceptors (Lipinski definition) is 6. The smallest absolute Gasteiger partial charge is 0.271 e. The summed E-state index contributed by atoms with van der Waals surface area (Å²) in [5, 5.41) is 15.4. The van der Waals surface area contributed by atoms with Gasteiger partial charge in [-0.1, -0.05) is 0 Å². The number of nitrogens with zero attached hydrogens (tertiary/aromatic N) is 2. The Morgan fingerprint density at radius 2 is 2.20 bits per heavy atom. The van der Waals surface area contributed by atoms with Gasteiger partial charge in [-0.3, -0.25) is 14.9 Å². The van der Waals surface area contributed by atoms with Crippen molar-refractivity contribution in [2.45, 2.75) is 13.3 Å². The molecule has 0 radical (unpaired) electrons. The quantitative estimate of drug-likeness (QED) is 0.548. The van der Waals surface area contributed by atoms with Crippen molar-refractivity contribution >= 4 is 28.6 Å². The second-order valence-corrected chi connectivity index (χ2v) is 6.06. The number of furan rings is 1. The minimum Gasteiger partial charge on any atom is -0.459 e. The third kappa shape index (κ3) is 3.89. The summed E-state index contributed by atoms with van der Waals surface area (Å²) in [7, 11) is 0. The SMILES string of the molecule is Cc1ccc(-c2nc(CC(=O)Nc3cc([N+](=O)[O-])ccc3F)cs2)o1. The average molecular weight is 361 g/mol. The highest BCUT2D eigenvalue weighted by Gasteiger charge is 2.15. The summed E-state index contributed by atoms with van der Waals surface area (Å²) in [4.78, 5) is 26.4. The molecule has 0 atom stereocenters. The molecule has 2 aromatic heterocycles. The van der Waals surface area contributed by atoms with Gasteiger partial charge in [-0.2, -0.15) is 0 Å². The van der Waals surface area contributed by atoms with E-state index in [-0.39, 0.29) is 17.8 Å². The van der Waals surface area contributed by atoms with Crippen LogP contribution in [0, 0.1) is 22.9 Å². The Balaban J connectivity index is 1.70. The number of amides is 1. The summed E-state index contributed by atoms with van der Waals surface area (Å²) in [5.74, 6) is 0.0976. The zero-order chi connectivity index (χ0) is 18.0. The maximum Gasteiger partial charge on any atom is 0.271 e. The molecule has 1 N–H and O–H groups in total. The van der Waals surface area contributed by atoms with Crippen molar-refractivity contribution in [3.8, 4) is 10.8 Å².